The van der Waals surface area contributed by atoms with E-state index in [0.29, 0.717) is 0 Å². The van der Waals surface area contributed by atoms with Crippen molar-refractivity contribution in [2.45, 2.75) is 5.51 Å². The van der Waals surface area contributed by atoms with E-state index in [0.717, 1.165) is 0 Å². The van der Waals surface area contributed by atoms with Crippen LogP contribution in [0.4, 0.5) is 13.2 Å². The zero-order valence-corrected chi connectivity index (χ0v) is 12.9. The summed E-state index contributed by atoms with van der Waals surface area (Å²) in [4.78, 5) is 0. The van der Waals surface area contributed by atoms with Crippen LogP contribution in [0.1, 0.15) is 0 Å². The Hall–Kier alpha value is -1.24. The van der Waals surface area contributed by atoms with Crippen LogP contribution in [0, 0.1) is 12.1 Å². The van der Waals surface area contributed by atoms with Crippen molar-refractivity contribution in [1.29, 1.82) is 0 Å². The Morgan fingerprint density at radius 3 is 1.05 bits per heavy atom. The first-order valence-electron chi connectivity index (χ1n) is 5.11. The van der Waals surface area contributed by atoms with Gasteiger partial charge in [-0.1, -0.05) is 0 Å². The molecule has 0 amide bonds. The molecular formula is C13H11F3O3RhS. The molecule has 0 bridgehead atoms. The van der Waals surface area contributed by atoms with Gasteiger partial charge in [-0.05, 0) is 0 Å². The van der Waals surface area contributed by atoms with Crippen molar-refractivity contribution in [1.82, 2.24) is 0 Å². The Bertz CT molecular complexity index is 461. The van der Waals surface area contributed by atoms with Gasteiger partial charge in [0.15, 0.2) is 0 Å². The molecular weight excluding hydrogens is 396 g/mol. The molecule has 0 aliphatic carbocycles. The minimum absolute atomic E-state index is 0. The van der Waals surface area contributed by atoms with Gasteiger partial charge < -0.3 is 0 Å². The molecule has 0 aliphatic heterocycles. The van der Waals surface area contributed by atoms with E-state index in [-0.39, 0.29) is 19.5 Å². The first kappa shape index (κ1) is 22.1. The van der Waals surface area contributed by atoms with Gasteiger partial charge in [-0.2, -0.15) is 94.4 Å². The molecule has 2 rings (SSSR count). The van der Waals surface area contributed by atoms with Crippen LogP contribution in [-0.4, -0.2) is 18.5 Å². The van der Waals surface area contributed by atoms with Gasteiger partial charge in [-0.15, -0.1) is 0 Å². The molecule has 8 heteroatoms. The molecule has 0 aromatic heterocycles. The van der Waals surface area contributed by atoms with Gasteiger partial charge in [0.05, 0.1) is 0 Å². The summed E-state index contributed by atoms with van der Waals surface area (Å²) in [5, 5.41) is 0. The summed E-state index contributed by atoms with van der Waals surface area (Å²) < 4.78 is 57.5. The predicted molar refractivity (Wildman–Crippen MR) is 68.2 cm³/mol. The van der Waals surface area contributed by atoms with Crippen molar-refractivity contribution in [3.63, 3.8) is 0 Å². The second-order valence-electron chi connectivity index (χ2n) is 3.08. The normalized spacial score (nSPS) is 9.90. The first-order chi connectivity index (χ1) is 9.25. The van der Waals surface area contributed by atoms with E-state index in [1.54, 1.807) is 0 Å². The fourth-order valence-corrected chi connectivity index (χ4v) is 0.684. The van der Waals surface area contributed by atoms with E-state index in [4.69, 9.17) is 13.0 Å². The second-order valence-corrected chi connectivity index (χ2v) is 4.49. The molecule has 1 N–H and O–H groups in total. The third kappa shape index (κ3) is 13.5. The van der Waals surface area contributed by atoms with E-state index in [1.165, 1.54) is 0 Å². The Kier molecular flexibility index (Phi) is 12.0. The van der Waals surface area contributed by atoms with Crippen LogP contribution in [0.15, 0.2) is 60.7 Å². The van der Waals surface area contributed by atoms with Gasteiger partial charge in [-0.25, -0.2) is 0 Å². The van der Waals surface area contributed by atoms with Gasteiger partial charge in [0.2, 0.25) is 0 Å². The fraction of sp³-hybridized carbons (Fsp3) is 0.0769. The summed E-state index contributed by atoms with van der Waals surface area (Å²) in [6.07, 6.45) is 0. The van der Waals surface area contributed by atoms with Gasteiger partial charge in [0, 0.05) is 0 Å². The smallest absolute Gasteiger partial charge is 0.279 e. The number of alkyl halides is 3. The maximum absolute atomic E-state index is 10.7. The topological polar surface area (TPSA) is 54.4 Å². The molecule has 2 aromatic rings. The molecule has 1 radical (unpaired) electrons. The van der Waals surface area contributed by atoms with Crippen molar-refractivity contribution >= 4 is 10.1 Å². The molecule has 0 saturated carbocycles. The quantitative estimate of drug-likeness (QED) is 0.316. The van der Waals surface area contributed by atoms with Crippen molar-refractivity contribution in [3.05, 3.63) is 72.8 Å². The predicted octanol–water partition coefficient (Wildman–Crippen LogP) is 3.37. The molecule has 0 heterocycles. The van der Waals surface area contributed by atoms with Gasteiger partial charge in [0.25, 0.3) is 0 Å². The van der Waals surface area contributed by atoms with Crippen LogP contribution in [-0.2, 0) is 29.6 Å². The molecule has 0 unspecified atom stereocenters. The SMILES string of the molecule is O=S(=O)(O)C(F)(F)F.[Rh+2].[c-]1ccccc1.[c-]1ccccc1. The van der Waals surface area contributed by atoms with Crippen LogP contribution >= 0.6 is 0 Å². The molecule has 2 aromatic carbocycles. The van der Waals surface area contributed by atoms with Crippen LogP contribution < -0.4 is 0 Å². The van der Waals surface area contributed by atoms with E-state index in [2.05, 4.69) is 12.1 Å². The molecule has 117 valence electrons. The fourth-order valence-electron chi connectivity index (χ4n) is 0.684. The van der Waals surface area contributed by atoms with Crippen LogP contribution in [0.3, 0.4) is 0 Å². The summed E-state index contributed by atoms with van der Waals surface area (Å²) in [6, 6.07) is 25.0. The second kappa shape index (κ2) is 11.4. The molecule has 0 saturated heterocycles. The Balaban J connectivity index is 0. The number of hydrogen-bond donors (Lipinski definition) is 1. The number of hydrogen-bond acceptors (Lipinski definition) is 2. The monoisotopic (exact) mass is 407 g/mol. The van der Waals surface area contributed by atoms with Crippen LogP contribution in [0.2, 0.25) is 0 Å². The Labute approximate surface area is 134 Å². The summed E-state index contributed by atoms with van der Waals surface area (Å²) in [5.74, 6) is 0. The van der Waals surface area contributed by atoms with Crippen LogP contribution in [0.25, 0.3) is 0 Å². The van der Waals surface area contributed by atoms with Gasteiger partial charge in [0.1, 0.15) is 0 Å². The zero-order valence-electron chi connectivity index (χ0n) is 10.4. The summed E-state index contributed by atoms with van der Waals surface area (Å²) in [7, 11) is -5.84. The average molecular weight is 407 g/mol. The number of rotatable bonds is 0. The van der Waals surface area contributed by atoms with Crippen molar-refractivity contribution in [3.8, 4) is 0 Å². The maximum Gasteiger partial charge on any atom is 2.00 e. The van der Waals surface area contributed by atoms with E-state index in [1.807, 2.05) is 60.7 Å². The first-order valence-corrected chi connectivity index (χ1v) is 6.55. The van der Waals surface area contributed by atoms with E-state index in [9.17, 15) is 13.2 Å². The van der Waals surface area contributed by atoms with Gasteiger partial charge >= 0.3 is 35.1 Å². The molecule has 0 aliphatic rings. The standard InChI is InChI=1S/2C6H5.CHF3O3S.Rh/c2*1-2-4-6-5-3-1;2-1(3,4)8(5,6)7;/h2*1-5H;(H,5,6,7);/q2*-1;;+2. The summed E-state index contributed by atoms with van der Waals surface area (Å²) >= 11 is 0. The third-order valence-electron chi connectivity index (χ3n) is 1.51. The summed E-state index contributed by atoms with van der Waals surface area (Å²) in [5.41, 5.74) is -5.53. The van der Waals surface area contributed by atoms with E-state index >= 15 is 0 Å². The van der Waals surface area contributed by atoms with Gasteiger partial charge in [-0.3, -0.25) is 4.55 Å². The van der Waals surface area contributed by atoms with Crippen molar-refractivity contribution in [2.75, 3.05) is 0 Å². The summed E-state index contributed by atoms with van der Waals surface area (Å²) in [6.45, 7) is 0. The zero-order chi connectivity index (χ0) is 15.5. The number of benzene rings is 2. The minimum Gasteiger partial charge on any atom is -0.279 e. The molecule has 3 nitrogen and oxygen atoms in total. The largest absolute Gasteiger partial charge is 2.00 e. The average Bonchev–Trinajstić information content (AvgIpc) is 2.42. The third-order valence-corrected chi connectivity index (χ3v) is 2.09. The van der Waals surface area contributed by atoms with E-state index < -0.39 is 15.6 Å². The Morgan fingerprint density at radius 2 is 1.00 bits per heavy atom. The van der Waals surface area contributed by atoms with Crippen LogP contribution in [0.5, 0.6) is 0 Å². The molecule has 21 heavy (non-hydrogen) atoms. The minimum atomic E-state index is -5.84. The number of halogens is 3. The van der Waals surface area contributed by atoms with Crippen molar-refractivity contribution in [2.24, 2.45) is 0 Å². The Morgan fingerprint density at radius 1 is 0.762 bits per heavy atom. The molecule has 0 fully saturated rings. The maximum atomic E-state index is 10.7. The molecule has 0 spiro atoms. The van der Waals surface area contributed by atoms with Crippen molar-refractivity contribution < 1.29 is 45.6 Å². The molecule has 0 atom stereocenters.